The summed E-state index contributed by atoms with van der Waals surface area (Å²) < 4.78 is 4.87. The van der Waals surface area contributed by atoms with Gasteiger partial charge in [-0.15, -0.1) is 0 Å². The van der Waals surface area contributed by atoms with Crippen LogP contribution in [0.15, 0.2) is 27.4 Å². The van der Waals surface area contributed by atoms with Gasteiger partial charge in [-0.1, -0.05) is 13.8 Å². The molecule has 0 amide bonds. The fourth-order valence-corrected chi connectivity index (χ4v) is 1.94. The van der Waals surface area contributed by atoms with Gasteiger partial charge in [-0.05, 0) is 18.2 Å². The Kier molecular flexibility index (Phi) is 3.01. The van der Waals surface area contributed by atoms with E-state index in [0.29, 0.717) is 11.1 Å². The number of Topliss-reactive ketones (excluding diaryl/α,β-unsaturated/α-hetero) is 1. The second-order valence-corrected chi connectivity index (χ2v) is 5.01. The predicted molar refractivity (Wildman–Crippen MR) is 67.2 cm³/mol. The number of ketones is 1. The summed E-state index contributed by atoms with van der Waals surface area (Å²) in [6.45, 7) is 3.14. The number of carboxylic acid groups (broad SMARTS) is 1. The maximum Gasteiger partial charge on any atom is 0.417 e. The van der Waals surface area contributed by atoms with Crippen molar-refractivity contribution in [2.24, 2.45) is 5.41 Å². The molecule has 0 atom stereocenters. The third kappa shape index (κ3) is 2.57. The Morgan fingerprint density at radius 1 is 1.37 bits per heavy atom. The quantitative estimate of drug-likeness (QED) is 0.819. The first-order valence-electron chi connectivity index (χ1n) is 5.69. The van der Waals surface area contributed by atoms with E-state index in [9.17, 15) is 14.4 Å². The molecule has 0 fully saturated rings. The molecule has 0 aliphatic heterocycles. The number of nitrogens with one attached hydrogen (secondary N) is 1. The molecule has 0 saturated carbocycles. The molecule has 1 heterocycles. The molecule has 0 saturated heterocycles. The molecule has 1 aromatic carbocycles. The summed E-state index contributed by atoms with van der Waals surface area (Å²) in [6, 6.07) is 4.54. The fourth-order valence-electron chi connectivity index (χ4n) is 1.94. The molecular formula is C13H13NO5. The lowest BCUT2D eigenvalue weighted by Crippen LogP contribution is -2.27. The molecule has 6 nitrogen and oxygen atoms in total. The molecule has 6 heteroatoms. The first-order valence-corrected chi connectivity index (χ1v) is 5.69. The number of oxazole rings is 1. The van der Waals surface area contributed by atoms with E-state index in [1.807, 2.05) is 0 Å². The number of H-pyrrole nitrogens is 1. The maximum absolute atomic E-state index is 12.3. The average molecular weight is 263 g/mol. The van der Waals surface area contributed by atoms with Crippen LogP contribution in [0.3, 0.4) is 0 Å². The van der Waals surface area contributed by atoms with E-state index in [4.69, 9.17) is 9.52 Å². The summed E-state index contributed by atoms with van der Waals surface area (Å²) in [6.07, 6.45) is -0.263. The first kappa shape index (κ1) is 13.1. The van der Waals surface area contributed by atoms with Gasteiger partial charge in [-0.2, -0.15) is 0 Å². The lowest BCUT2D eigenvalue weighted by atomic mass is 9.81. The number of carbonyl (C=O) groups excluding carboxylic acids is 1. The highest BCUT2D eigenvalue weighted by atomic mass is 16.4. The van der Waals surface area contributed by atoms with Crippen LogP contribution in [0, 0.1) is 5.41 Å². The van der Waals surface area contributed by atoms with Crippen molar-refractivity contribution in [2.45, 2.75) is 20.3 Å². The van der Waals surface area contributed by atoms with E-state index in [0.717, 1.165) is 0 Å². The van der Waals surface area contributed by atoms with Gasteiger partial charge >= 0.3 is 11.7 Å². The van der Waals surface area contributed by atoms with Crippen LogP contribution < -0.4 is 5.76 Å². The summed E-state index contributed by atoms with van der Waals surface area (Å²) in [5.74, 6) is -1.93. The van der Waals surface area contributed by atoms with E-state index >= 15 is 0 Å². The molecule has 0 spiro atoms. The summed E-state index contributed by atoms with van der Waals surface area (Å²) in [5, 5.41) is 8.80. The van der Waals surface area contributed by atoms with Gasteiger partial charge in [0.1, 0.15) is 0 Å². The Labute approximate surface area is 108 Å². The number of aromatic amines is 1. The molecule has 100 valence electrons. The summed E-state index contributed by atoms with van der Waals surface area (Å²) >= 11 is 0. The molecule has 0 aliphatic rings. The Morgan fingerprint density at radius 2 is 2.05 bits per heavy atom. The standard InChI is InChI=1S/C13H13NO5/c1-13(2,6-10(15)16)11(17)7-3-4-8-9(5-7)19-12(18)14-8/h3-5H,6H2,1-2H3,(H,14,18)(H,15,16). The van der Waals surface area contributed by atoms with Gasteiger partial charge in [0, 0.05) is 11.0 Å². The molecule has 0 radical (unpaired) electrons. The zero-order chi connectivity index (χ0) is 14.2. The minimum Gasteiger partial charge on any atom is -0.481 e. The average Bonchev–Trinajstić information content (AvgIpc) is 2.65. The van der Waals surface area contributed by atoms with E-state index in [1.165, 1.54) is 6.07 Å². The Hall–Kier alpha value is -2.37. The van der Waals surface area contributed by atoms with Crippen LogP contribution in [0.1, 0.15) is 30.6 Å². The maximum atomic E-state index is 12.3. The van der Waals surface area contributed by atoms with Crippen LogP contribution in [0.25, 0.3) is 11.1 Å². The van der Waals surface area contributed by atoms with Crippen molar-refractivity contribution in [1.29, 1.82) is 0 Å². The molecule has 1 aromatic heterocycles. The highest BCUT2D eigenvalue weighted by Gasteiger charge is 2.31. The second kappa shape index (κ2) is 4.38. The van der Waals surface area contributed by atoms with E-state index in [1.54, 1.807) is 26.0 Å². The van der Waals surface area contributed by atoms with Gasteiger partial charge in [0.05, 0.1) is 11.9 Å². The van der Waals surface area contributed by atoms with Crippen LogP contribution in [0.5, 0.6) is 0 Å². The summed E-state index contributed by atoms with van der Waals surface area (Å²) in [4.78, 5) is 36.5. The number of aliphatic carboxylic acids is 1. The number of carboxylic acids is 1. The fraction of sp³-hybridized carbons (Fsp3) is 0.308. The van der Waals surface area contributed by atoms with Gasteiger partial charge in [-0.25, -0.2) is 4.79 Å². The molecule has 2 rings (SSSR count). The number of aromatic nitrogens is 1. The largest absolute Gasteiger partial charge is 0.481 e. The third-order valence-electron chi connectivity index (χ3n) is 2.89. The van der Waals surface area contributed by atoms with Gasteiger partial charge in [-0.3, -0.25) is 14.6 Å². The third-order valence-corrected chi connectivity index (χ3v) is 2.89. The number of carbonyl (C=O) groups is 2. The van der Waals surface area contributed by atoms with E-state index in [2.05, 4.69) is 4.98 Å². The SMILES string of the molecule is CC(C)(CC(=O)O)C(=O)c1ccc2[nH]c(=O)oc2c1. The number of rotatable bonds is 4. The Bertz CT molecular complexity index is 707. The predicted octanol–water partition coefficient (Wildman–Crippen LogP) is 1.80. The molecule has 0 unspecified atom stereocenters. The smallest absolute Gasteiger partial charge is 0.417 e. The van der Waals surface area contributed by atoms with Gasteiger partial charge in [0.15, 0.2) is 11.4 Å². The van der Waals surface area contributed by atoms with Crippen LogP contribution in [0.2, 0.25) is 0 Å². The molecule has 0 aliphatic carbocycles. The van der Waals surface area contributed by atoms with E-state index < -0.39 is 17.1 Å². The topological polar surface area (TPSA) is 100 Å². The van der Waals surface area contributed by atoms with Crippen LogP contribution in [-0.2, 0) is 4.79 Å². The summed E-state index contributed by atoms with van der Waals surface area (Å²) in [5.41, 5.74) is 0.0805. The molecular weight excluding hydrogens is 250 g/mol. The molecule has 0 bridgehead atoms. The highest BCUT2D eigenvalue weighted by Crippen LogP contribution is 2.27. The van der Waals surface area contributed by atoms with Crippen molar-refractivity contribution >= 4 is 22.9 Å². The lowest BCUT2D eigenvalue weighted by Gasteiger charge is -2.20. The molecule has 19 heavy (non-hydrogen) atoms. The number of fused-ring (bicyclic) bond motifs is 1. The highest BCUT2D eigenvalue weighted by molar-refractivity contribution is 6.03. The van der Waals surface area contributed by atoms with E-state index in [-0.39, 0.29) is 17.8 Å². The van der Waals surface area contributed by atoms with Crippen molar-refractivity contribution < 1.29 is 19.1 Å². The number of benzene rings is 1. The number of hydrogen-bond donors (Lipinski definition) is 2. The van der Waals surface area contributed by atoms with Crippen molar-refractivity contribution in [3.63, 3.8) is 0 Å². The lowest BCUT2D eigenvalue weighted by molar-refractivity contribution is -0.138. The monoisotopic (exact) mass is 263 g/mol. The Morgan fingerprint density at radius 3 is 2.68 bits per heavy atom. The second-order valence-electron chi connectivity index (χ2n) is 5.01. The zero-order valence-electron chi connectivity index (χ0n) is 10.5. The van der Waals surface area contributed by atoms with Gasteiger partial charge in [0.25, 0.3) is 0 Å². The summed E-state index contributed by atoms with van der Waals surface area (Å²) in [7, 11) is 0. The van der Waals surface area contributed by atoms with Crippen LogP contribution in [-0.4, -0.2) is 21.8 Å². The first-order chi connectivity index (χ1) is 8.79. The van der Waals surface area contributed by atoms with Gasteiger partial charge in [0.2, 0.25) is 0 Å². The van der Waals surface area contributed by atoms with Crippen molar-refractivity contribution in [3.8, 4) is 0 Å². The number of hydrogen-bond acceptors (Lipinski definition) is 4. The Balaban J connectivity index is 2.40. The van der Waals surface area contributed by atoms with Crippen LogP contribution in [0.4, 0.5) is 0 Å². The van der Waals surface area contributed by atoms with Crippen molar-refractivity contribution in [2.75, 3.05) is 0 Å². The van der Waals surface area contributed by atoms with Crippen molar-refractivity contribution in [1.82, 2.24) is 4.98 Å². The van der Waals surface area contributed by atoms with Crippen LogP contribution >= 0.6 is 0 Å². The zero-order valence-corrected chi connectivity index (χ0v) is 10.5. The minimum atomic E-state index is -1.03. The minimum absolute atomic E-state index is 0.263. The molecule has 2 N–H and O–H groups in total. The normalized spacial score (nSPS) is 11.7. The van der Waals surface area contributed by atoms with Gasteiger partial charge < -0.3 is 9.52 Å². The molecule has 2 aromatic rings. The van der Waals surface area contributed by atoms with Crippen molar-refractivity contribution in [3.05, 3.63) is 34.3 Å².